The van der Waals surface area contributed by atoms with E-state index in [2.05, 4.69) is 6.92 Å². The minimum Gasteiger partial charge on any atom is -0.494 e. The van der Waals surface area contributed by atoms with Crippen LogP contribution in [-0.2, 0) is 16.4 Å². The number of carbonyl (C=O) groups excluding carboxylic acids is 2. The minimum atomic E-state index is -4.49. The Morgan fingerprint density at radius 3 is 2.26 bits per heavy atom. The number of rotatable bonds is 8. The molecule has 0 radical (unpaired) electrons. The summed E-state index contributed by atoms with van der Waals surface area (Å²) in [5.41, 5.74) is -1.27. The normalized spacial score (nSPS) is 18.3. The van der Waals surface area contributed by atoms with Crippen LogP contribution in [0.25, 0.3) is 0 Å². The molecule has 1 heterocycles. The molecule has 5 nitrogen and oxygen atoms in total. The number of piperidine rings is 1. The number of carbonyl (C=O) groups is 2. The Morgan fingerprint density at radius 2 is 1.72 bits per heavy atom. The first kappa shape index (κ1) is 29.2. The van der Waals surface area contributed by atoms with E-state index in [0.29, 0.717) is 48.9 Å². The Balaban J connectivity index is 1.38. The molecule has 0 aromatic heterocycles. The standard InChI is InChI=1S/C30H36ClF3N2O3/c1-4-28(16-19-39-21-10-11-22(25(31)20-21)26(37)35(2)3)14-17-36(18-15-28)27(38)29(12-7-13-29)23-8-5-6-9-24(23)30(32,33)34/h5-6,8-11,20H,4,7,12-19H2,1-3H3. The number of hydrogen-bond donors (Lipinski definition) is 0. The summed E-state index contributed by atoms with van der Waals surface area (Å²) in [5, 5.41) is 0.334. The summed E-state index contributed by atoms with van der Waals surface area (Å²) < 4.78 is 47.3. The minimum absolute atomic E-state index is 0.0158. The molecule has 0 bridgehead atoms. The number of amides is 2. The van der Waals surface area contributed by atoms with Gasteiger partial charge in [0.2, 0.25) is 5.91 Å². The zero-order valence-corrected chi connectivity index (χ0v) is 23.5. The summed E-state index contributed by atoms with van der Waals surface area (Å²) in [5.74, 6) is 0.237. The summed E-state index contributed by atoms with van der Waals surface area (Å²) in [6.07, 6.45) is 0.384. The Bertz CT molecular complexity index is 1200. The smallest absolute Gasteiger partial charge is 0.416 e. The first-order chi connectivity index (χ1) is 18.4. The van der Waals surface area contributed by atoms with Crippen LogP contribution in [0.15, 0.2) is 42.5 Å². The molecule has 39 heavy (non-hydrogen) atoms. The third-order valence-electron chi connectivity index (χ3n) is 8.70. The molecule has 1 saturated heterocycles. The predicted octanol–water partition coefficient (Wildman–Crippen LogP) is 6.97. The average Bonchev–Trinajstić information content (AvgIpc) is 2.88. The molecule has 0 N–H and O–H groups in total. The number of benzene rings is 2. The van der Waals surface area contributed by atoms with Crippen molar-refractivity contribution in [3.63, 3.8) is 0 Å². The van der Waals surface area contributed by atoms with Crippen LogP contribution in [0.1, 0.15) is 73.4 Å². The summed E-state index contributed by atoms with van der Waals surface area (Å²) in [4.78, 5) is 29.2. The van der Waals surface area contributed by atoms with Gasteiger partial charge in [-0.15, -0.1) is 0 Å². The highest BCUT2D eigenvalue weighted by atomic mass is 35.5. The summed E-state index contributed by atoms with van der Waals surface area (Å²) in [6, 6.07) is 10.6. The van der Waals surface area contributed by atoms with E-state index in [1.54, 1.807) is 43.3 Å². The second-order valence-corrected chi connectivity index (χ2v) is 11.5. The number of halogens is 4. The highest BCUT2D eigenvalue weighted by molar-refractivity contribution is 6.34. The van der Waals surface area contributed by atoms with E-state index in [1.165, 1.54) is 17.0 Å². The summed E-state index contributed by atoms with van der Waals surface area (Å²) in [6.45, 7) is 3.64. The van der Waals surface area contributed by atoms with Crippen LogP contribution in [0.2, 0.25) is 5.02 Å². The van der Waals surface area contributed by atoms with Gasteiger partial charge in [-0.25, -0.2) is 0 Å². The fourth-order valence-electron chi connectivity index (χ4n) is 5.93. The van der Waals surface area contributed by atoms with Crippen molar-refractivity contribution in [2.75, 3.05) is 33.8 Å². The van der Waals surface area contributed by atoms with Crippen molar-refractivity contribution in [2.24, 2.45) is 5.41 Å². The molecule has 2 fully saturated rings. The van der Waals surface area contributed by atoms with Gasteiger partial charge in [0, 0.05) is 27.2 Å². The van der Waals surface area contributed by atoms with E-state index in [1.807, 2.05) is 0 Å². The third kappa shape index (κ3) is 5.91. The van der Waals surface area contributed by atoms with Crippen molar-refractivity contribution >= 4 is 23.4 Å². The lowest BCUT2D eigenvalue weighted by molar-refractivity contribution is -0.146. The molecule has 212 valence electrons. The zero-order chi connectivity index (χ0) is 28.4. The first-order valence-electron chi connectivity index (χ1n) is 13.5. The Labute approximate surface area is 233 Å². The first-order valence-corrected chi connectivity index (χ1v) is 13.9. The van der Waals surface area contributed by atoms with Crippen molar-refractivity contribution in [3.8, 4) is 5.75 Å². The molecule has 2 amide bonds. The van der Waals surface area contributed by atoms with Crippen molar-refractivity contribution in [1.82, 2.24) is 9.80 Å². The van der Waals surface area contributed by atoms with Gasteiger partial charge in [-0.3, -0.25) is 9.59 Å². The number of hydrogen-bond acceptors (Lipinski definition) is 3. The Morgan fingerprint density at radius 1 is 1.05 bits per heavy atom. The molecule has 1 aliphatic heterocycles. The molecule has 9 heteroatoms. The van der Waals surface area contributed by atoms with Crippen LogP contribution in [0.3, 0.4) is 0 Å². The second-order valence-electron chi connectivity index (χ2n) is 11.1. The van der Waals surface area contributed by atoms with Crippen LogP contribution < -0.4 is 4.74 Å². The third-order valence-corrected chi connectivity index (χ3v) is 9.02. The average molecular weight is 565 g/mol. The van der Waals surface area contributed by atoms with Crippen molar-refractivity contribution < 1.29 is 27.5 Å². The van der Waals surface area contributed by atoms with E-state index < -0.39 is 17.2 Å². The van der Waals surface area contributed by atoms with Gasteiger partial charge in [0.1, 0.15) is 5.75 Å². The van der Waals surface area contributed by atoms with Gasteiger partial charge in [0.15, 0.2) is 0 Å². The largest absolute Gasteiger partial charge is 0.494 e. The van der Waals surface area contributed by atoms with Crippen LogP contribution >= 0.6 is 11.6 Å². The molecule has 0 spiro atoms. The van der Waals surface area contributed by atoms with Gasteiger partial charge in [-0.2, -0.15) is 13.2 Å². The lowest BCUT2D eigenvalue weighted by atomic mass is 9.62. The fourth-order valence-corrected chi connectivity index (χ4v) is 6.18. The maximum atomic E-state index is 13.8. The summed E-state index contributed by atoms with van der Waals surface area (Å²) in [7, 11) is 3.33. The van der Waals surface area contributed by atoms with Crippen molar-refractivity contribution in [3.05, 3.63) is 64.2 Å². The van der Waals surface area contributed by atoms with Crippen LogP contribution in [0.5, 0.6) is 5.75 Å². The van der Waals surface area contributed by atoms with E-state index in [0.717, 1.165) is 38.2 Å². The monoisotopic (exact) mass is 564 g/mol. The van der Waals surface area contributed by atoms with E-state index in [9.17, 15) is 22.8 Å². The van der Waals surface area contributed by atoms with Gasteiger partial charge in [0.25, 0.3) is 5.91 Å². The molecule has 2 aromatic rings. The fraction of sp³-hybridized carbons (Fsp3) is 0.533. The van der Waals surface area contributed by atoms with Gasteiger partial charge >= 0.3 is 6.18 Å². The van der Waals surface area contributed by atoms with Gasteiger partial charge in [0.05, 0.1) is 28.2 Å². The molecular formula is C30H36ClF3N2O3. The molecule has 4 rings (SSSR count). The Hall–Kier alpha value is -2.74. The van der Waals surface area contributed by atoms with E-state index in [4.69, 9.17) is 16.3 Å². The zero-order valence-electron chi connectivity index (χ0n) is 22.7. The molecule has 0 unspecified atom stereocenters. The molecule has 2 aliphatic rings. The Kier molecular flexibility index (Phi) is 8.55. The number of likely N-dealkylation sites (tertiary alicyclic amines) is 1. The van der Waals surface area contributed by atoms with Crippen molar-refractivity contribution in [2.45, 2.75) is 63.5 Å². The van der Waals surface area contributed by atoms with Crippen molar-refractivity contribution in [1.29, 1.82) is 0 Å². The number of alkyl halides is 3. The van der Waals surface area contributed by atoms with Gasteiger partial charge < -0.3 is 14.5 Å². The van der Waals surface area contributed by atoms with E-state index >= 15 is 0 Å². The molecule has 1 saturated carbocycles. The lowest BCUT2D eigenvalue weighted by Crippen LogP contribution is -2.54. The van der Waals surface area contributed by atoms with Crippen LogP contribution in [-0.4, -0.2) is 55.4 Å². The SMILES string of the molecule is CCC1(CCOc2ccc(C(=O)N(C)C)c(Cl)c2)CCN(C(=O)C2(c3ccccc3C(F)(F)F)CCC2)CC1. The lowest BCUT2D eigenvalue weighted by Gasteiger charge is -2.48. The highest BCUT2D eigenvalue weighted by Gasteiger charge is 2.52. The topological polar surface area (TPSA) is 49.9 Å². The number of ether oxygens (including phenoxy) is 1. The highest BCUT2D eigenvalue weighted by Crippen LogP contribution is 2.50. The maximum Gasteiger partial charge on any atom is 0.416 e. The molecular weight excluding hydrogens is 529 g/mol. The molecule has 0 atom stereocenters. The molecule has 2 aromatic carbocycles. The predicted molar refractivity (Wildman–Crippen MR) is 145 cm³/mol. The van der Waals surface area contributed by atoms with Crippen LogP contribution in [0, 0.1) is 5.41 Å². The maximum absolute atomic E-state index is 13.8. The molecule has 1 aliphatic carbocycles. The second kappa shape index (κ2) is 11.4. The quantitative estimate of drug-likeness (QED) is 0.348. The summed E-state index contributed by atoms with van der Waals surface area (Å²) >= 11 is 6.30. The van der Waals surface area contributed by atoms with Gasteiger partial charge in [-0.05, 0) is 67.3 Å². The van der Waals surface area contributed by atoms with E-state index in [-0.39, 0.29) is 22.8 Å². The van der Waals surface area contributed by atoms with Crippen LogP contribution in [0.4, 0.5) is 13.2 Å². The van der Waals surface area contributed by atoms with Gasteiger partial charge in [-0.1, -0.05) is 49.6 Å². The number of nitrogens with zero attached hydrogens (tertiary/aromatic N) is 2.